The average Bonchev–Trinajstić information content (AvgIpc) is 2.94. The first-order valence-corrected chi connectivity index (χ1v) is 12.9. The third kappa shape index (κ3) is 11.8. The van der Waals surface area contributed by atoms with Gasteiger partial charge < -0.3 is 42.6 Å². The predicted octanol–water partition coefficient (Wildman–Crippen LogP) is 2.60. The molecule has 0 bridgehead atoms. The van der Waals surface area contributed by atoms with Crippen molar-refractivity contribution in [3.8, 4) is 0 Å². The van der Waals surface area contributed by atoms with Gasteiger partial charge in [0.2, 0.25) is 0 Å². The van der Waals surface area contributed by atoms with Crippen LogP contribution in [0, 0.1) is 16.2 Å². The summed E-state index contributed by atoms with van der Waals surface area (Å²) in [6.45, 7) is 9.65. The molecule has 0 aromatic rings. The summed E-state index contributed by atoms with van der Waals surface area (Å²) in [5.41, 5.74) is -2.42. The molecule has 41 heavy (non-hydrogen) atoms. The van der Waals surface area contributed by atoms with E-state index in [1.54, 1.807) is 20.8 Å². The third-order valence-electron chi connectivity index (χ3n) is 6.14. The van der Waals surface area contributed by atoms with Crippen molar-refractivity contribution in [1.29, 1.82) is 0 Å². The molecule has 15 heteroatoms. The van der Waals surface area contributed by atoms with Gasteiger partial charge in [0.05, 0.1) is 18.6 Å². The maximum Gasteiger partial charge on any atom is 0.508 e. The van der Waals surface area contributed by atoms with E-state index < -0.39 is 40.7 Å². The number of carbonyl (C=O) groups excluding carboxylic acids is 6. The van der Waals surface area contributed by atoms with Crippen LogP contribution in [0.1, 0.15) is 47.5 Å². The number of carbonyl (C=O) groups is 6. The van der Waals surface area contributed by atoms with Crippen LogP contribution in [0.2, 0.25) is 0 Å². The molecule has 3 aliphatic heterocycles. The number of ketones is 1. The zero-order valence-corrected chi connectivity index (χ0v) is 24.4. The minimum atomic E-state index is -0.915. The van der Waals surface area contributed by atoms with Crippen LogP contribution in [0.15, 0.2) is 0 Å². The van der Waals surface area contributed by atoms with Crippen molar-refractivity contribution in [2.24, 2.45) is 16.2 Å². The first-order chi connectivity index (χ1) is 19.2. The smallest absolute Gasteiger partial charge is 0.465 e. The highest BCUT2D eigenvalue weighted by molar-refractivity contribution is 5.83. The second kappa shape index (κ2) is 16.6. The van der Waals surface area contributed by atoms with Gasteiger partial charge in [0.15, 0.2) is 0 Å². The largest absolute Gasteiger partial charge is 0.508 e. The Labute approximate surface area is 238 Å². The quantitative estimate of drug-likeness (QED) is 0.216. The highest BCUT2D eigenvalue weighted by Gasteiger charge is 2.42. The van der Waals surface area contributed by atoms with Crippen molar-refractivity contribution in [2.75, 3.05) is 66.6 Å². The second-order valence-electron chi connectivity index (χ2n) is 10.3. The van der Waals surface area contributed by atoms with Crippen LogP contribution in [0.4, 0.5) is 14.4 Å². The maximum atomic E-state index is 11.6. The van der Waals surface area contributed by atoms with Crippen LogP contribution >= 0.6 is 0 Å². The van der Waals surface area contributed by atoms with Gasteiger partial charge in [-0.2, -0.15) is 0 Å². The van der Waals surface area contributed by atoms with Gasteiger partial charge in [-0.05, 0) is 34.1 Å². The molecule has 3 aliphatic rings. The molecule has 0 saturated carbocycles. The van der Waals surface area contributed by atoms with Gasteiger partial charge in [0.25, 0.3) is 0 Å². The molecule has 3 saturated heterocycles. The maximum absolute atomic E-state index is 11.6. The number of Topliss-reactive ketones (excluding diaryl/α,β-unsaturated/α-hetero) is 1. The van der Waals surface area contributed by atoms with Crippen molar-refractivity contribution in [1.82, 2.24) is 0 Å². The first kappa shape index (κ1) is 35.4. The SMILES string of the molecule is CC(=O)C1(C)COC(=O)OC1.CCCCOC(=O)C1(C)COC(=O)OC1.COCCOC(=O)C1(C)COC(=O)OC1. The Hall–Kier alpha value is -3.62. The Kier molecular flexibility index (Phi) is 14.3. The lowest BCUT2D eigenvalue weighted by atomic mass is 9.88. The van der Waals surface area contributed by atoms with E-state index in [4.69, 9.17) is 14.2 Å². The molecule has 0 unspecified atom stereocenters. The summed E-state index contributed by atoms with van der Waals surface area (Å²) in [5.74, 6) is -0.847. The molecule has 234 valence electrons. The molecular formula is C26H40O15. The molecule has 0 N–H and O–H groups in total. The van der Waals surface area contributed by atoms with Crippen LogP contribution in [0.3, 0.4) is 0 Å². The summed E-state index contributed by atoms with van der Waals surface area (Å²) in [5, 5.41) is 0. The fraction of sp³-hybridized carbons (Fsp3) is 0.769. The van der Waals surface area contributed by atoms with Crippen molar-refractivity contribution >= 4 is 36.2 Å². The monoisotopic (exact) mass is 592 g/mol. The second-order valence-corrected chi connectivity index (χ2v) is 10.3. The van der Waals surface area contributed by atoms with E-state index in [-0.39, 0.29) is 58.0 Å². The van der Waals surface area contributed by atoms with Crippen molar-refractivity contribution in [3.63, 3.8) is 0 Å². The zero-order valence-electron chi connectivity index (χ0n) is 24.4. The molecule has 0 amide bonds. The Morgan fingerprint density at radius 3 is 1.29 bits per heavy atom. The molecule has 3 fully saturated rings. The number of rotatable bonds is 9. The lowest BCUT2D eigenvalue weighted by Crippen LogP contribution is -2.44. The lowest BCUT2D eigenvalue weighted by Gasteiger charge is -2.29. The van der Waals surface area contributed by atoms with Crippen LogP contribution in [-0.4, -0.2) is 103 Å². The highest BCUT2D eigenvalue weighted by Crippen LogP contribution is 2.25. The summed E-state index contributed by atoms with van der Waals surface area (Å²) in [7, 11) is 1.51. The molecule has 0 radical (unpaired) electrons. The number of ether oxygens (including phenoxy) is 9. The van der Waals surface area contributed by atoms with E-state index >= 15 is 0 Å². The average molecular weight is 593 g/mol. The normalized spacial score (nSPS) is 19.7. The number of cyclic esters (lactones) is 6. The molecule has 3 heterocycles. The van der Waals surface area contributed by atoms with Crippen LogP contribution < -0.4 is 0 Å². The molecule has 0 aromatic carbocycles. The van der Waals surface area contributed by atoms with Gasteiger partial charge in [-0.15, -0.1) is 0 Å². The van der Waals surface area contributed by atoms with Gasteiger partial charge in [0, 0.05) is 7.11 Å². The molecule has 0 aliphatic carbocycles. The van der Waals surface area contributed by atoms with E-state index in [9.17, 15) is 28.8 Å². The van der Waals surface area contributed by atoms with E-state index in [1.165, 1.54) is 14.0 Å². The molecule has 3 rings (SSSR count). The molecule has 0 atom stereocenters. The van der Waals surface area contributed by atoms with Crippen LogP contribution in [0.25, 0.3) is 0 Å². The molecule has 0 aromatic heterocycles. The van der Waals surface area contributed by atoms with E-state index in [2.05, 4.69) is 28.4 Å². The lowest BCUT2D eigenvalue weighted by molar-refractivity contribution is -0.167. The molecular weight excluding hydrogens is 552 g/mol. The highest BCUT2D eigenvalue weighted by atomic mass is 16.7. The number of unbranched alkanes of at least 4 members (excludes halogenated alkanes) is 1. The zero-order chi connectivity index (χ0) is 31.1. The first-order valence-electron chi connectivity index (χ1n) is 12.9. The van der Waals surface area contributed by atoms with Gasteiger partial charge in [-0.25, -0.2) is 14.4 Å². The molecule has 15 nitrogen and oxygen atoms in total. The Balaban J connectivity index is 0.000000312. The van der Waals surface area contributed by atoms with E-state index in [1.807, 2.05) is 6.92 Å². The topological polar surface area (TPSA) is 185 Å². The number of hydrogen-bond donors (Lipinski definition) is 0. The minimum Gasteiger partial charge on any atom is -0.465 e. The summed E-state index contributed by atoms with van der Waals surface area (Å²) in [4.78, 5) is 65.8. The van der Waals surface area contributed by atoms with Crippen LogP contribution in [-0.2, 0) is 57.0 Å². The van der Waals surface area contributed by atoms with E-state index in [0.29, 0.717) is 13.2 Å². The van der Waals surface area contributed by atoms with Crippen LogP contribution in [0.5, 0.6) is 0 Å². The van der Waals surface area contributed by atoms with Gasteiger partial charge in [-0.1, -0.05) is 13.3 Å². The summed E-state index contributed by atoms with van der Waals surface area (Å²) in [6, 6.07) is 0. The molecule has 0 spiro atoms. The number of hydrogen-bond acceptors (Lipinski definition) is 15. The van der Waals surface area contributed by atoms with Gasteiger partial charge in [-0.3, -0.25) is 14.4 Å². The van der Waals surface area contributed by atoms with Crippen molar-refractivity contribution < 1.29 is 71.4 Å². The van der Waals surface area contributed by atoms with E-state index in [0.717, 1.165) is 12.8 Å². The predicted molar refractivity (Wildman–Crippen MR) is 136 cm³/mol. The van der Waals surface area contributed by atoms with Gasteiger partial charge >= 0.3 is 30.4 Å². The Morgan fingerprint density at radius 1 is 0.634 bits per heavy atom. The minimum absolute atomic E-state index is 0.0162. The summed E-state index contributed by atoms with van der Waals surface area (Å²) in [6.07, 6.45) is -0.368. The van der Waals surface area contributed by atoms with Crippen molar-refractivity contribution in [2.45, 2.75) is 47.5 Å². The Morgan fingerprint density at radius 2 is 0.976 bits per heavy atom. The summed E-state index contributed by atoms with van der Waals surface area (Å²) >= 11 is 0. The third-order valence-corrected chi connectivity index (χ3v) is 6.14. The fourth-order valence-corrected chi connectivity index (χ4v) is 2.87. The summed E-state index contributed by atoms with van der Waals surface area (Å²) < 4.78 is 42.4. The number of esters is 2. The fourth-order valence-electron chi connectivity index (χ4n) is 2.87. The standard InChI is InChI=1S/C10H16O5.C9H14O6.C7H10O4/c1-3-4-5-13-8(11)10(2)6-14-9(12)15-7-10;1-9(5-14-8(11)15-6-9)7(10)13-4-3-12-2;1-5(8)7(2)3-10-6(9)11-4-7/h3-7H2,1-2H3;3-6H2,1-2H3;3-4H2,1-2H3. The van der Waals surface area contributed by atoms with Crippen molar-refractivity contribution in [3.05, 3.63) is 0 Å². The number of methoxy groups -OCH3 is 1. The Bertz CT molecular complexity index is 846. The van der Waals surface area contributed by atoms with Gasteiger partial charge in [0.1, 0.15) is 62.9 Å².